The number of alkyl halides is 2. The van der Waals surface area contributed by atoms with Crippen LogP contribution in [0.5, 0.6) is 0 Å². The molecule has 0 unspecified atom stereocenters. The highest BCUT2D eigenvalue weighted by atomic mass is 19.3. The van der Waals surface area contributed by atoms with Crippen LogP contribution in [0.2, 0.25) is 0 Å². The van der Waals surface area contributed by atoms with Crippen LogP contribution >= 0.6 is 0 Å². The molecule has 2 aromatic rings. The van der Waals surface area contributed by atoms with Gasteiger partial charge in [0.25, 0.3) is 11.8 Å². The van der Waals surface area contributed by atoms with Gasteiger partial charge in [0, 0.05) is 28.9 Å². The first kappa shape index (κ1) is 22.3. The first-order valence-electron chi connectivity index (χ1n) is 10.3. The Balaban J connectivity index is 1.59. The molecule has 2 fully saturated rings. The number of hydrogen-bond acceptors (Lipinski definition) is 3. The summed E-state index contributed by atoms with van der Waals surface area (Å²) in [5.41, 5.74) is -0.841. The van der Waals surface area contributed by atoms with Gasteiger partial charge in [0.05, 0.1) is 6.10 Å². The van der Waals surface area contributed by atoms with Crippen molar-refractivity contribution < 1.29 is 32.3 Å². The molecule has 9 heteroatoms. The van der Waals surface area contributed by atoms with E-state index in [4.69, 9.17) is 0 Å². The zero-order valence-corrected chi connectivity index (χ0v) is 17.2. The number of rotatable bonds is 4. The summed E-state index contributed by atoms with van der Waals surface area (Å²) in [4.78, 5) is 26.4. The second-order valence-corrected chi connectivity index (χ2v) is 8.44. The van der Waals surface area contributed by atoms with Crippen LogP contribution < -0.4 is 5.32 Å². The van der Waals surface area contributed by atoms with Gasteiger partial charge in [0.1, 0.15) is 11.6 Å². The van der Waals surface area contributed by atoms with Gasteiger partial charge in [-0.15, -0.1) is 0 Å². The van der Waals surface area contributed by atoms with Crippen molar-refractivity contribution in [2.45, 2.75) is 56.7 Å². The molecule has 2 N–H and O–H groups in total. The predicted molar refractivity (Wildman–Crippen MR) is 108 cm³/mol. The molecule has 2 aliphatic rings. The predicted octanol–water partition coefficient (Wildman–Crippen LogP) is 4.13. The van der Waals surface area contributed by atoms with Crippen molar-refractivity contribution in [3.63, 3.8) is 0 Å². The number of piperidine rings is 1. The highest BCUT2D eigenvalue weighted by molar-refractivity contribution is 6.04. The summed E-state index contributed by atoms with van der Waals surface area (Å²) in [7, 11) is 0. The second-order valence-electron chi connectivity index (χ2n) is 8.44. The number of fused-ring (bicyclic) bond motifs is 2. The van der Waals surface area contributed by atoms with Gasteiger partial charge in [-0.1, -0.05) is 0 Å². The Kier molecular flexibility index (Phi) is 5.70. The second kappa shape index (κ2) is 8.20. The molecule has 2 saturated heterocycles. The van der Waals surface area contributed by atoms with Gasteiger partial charge >= 0.3 is 5.92 Å². The van der Waals surface area contributed by atoms with Gasteiger partial charge in [-0.25, -0.2) is 8.78 Å². The lowest BCUT2D eigenvalue weighted by molar-refractivity contribution is -0.165. The van der Waals surface area contributed by atoms with Crippen molar-refractivity contribution in [1.29, 1.82) is 0 Å². The third-order valence-electron chi connectivity index (χ3n) is 6.15. The number of aliphatic hydroxyl groups excluding tert-OH is 1. The number of amides is 2. The minimum Gasteiger partial charge on any atom is -0.393 e. The summed E-state index contributed by atoms with van der Waals surface area (Å²) in [6.45, 7) is 1.49. The van der Waals surface area contributed by atoms with Gasteiger partial charge in [0.2, 0.25) is 0 Å². The zero-order chi connectivity index (χ0) is 23.2. The van der Waals surface area contributed by atoms with Gasteiger partial charge in [-0.3, -0.25) is 9.59 Å². The summed E-state index contributed by atoms with van der Waals surface area (Å²) in [5, 5.41) is 12.3. The average Bonchev–Trinajstić information content (AvgIpc) is 3.00. The number of halogens is 4. The Morgan fingerprint density at radius 1 is 1.06 bits per heavy atom. The molecule has 3 atom stereocenters. The van der Waals surface area contributed by atoms with Crippen LogP contribution in [0.3, 0.4) is 0 Å². The number of anilines is 1. The summed E-state index contributed by atoms with van der Waals surface area (Å²) in [5.74, 6) is -7.95. The first-order valence-corrected chi connectivity index (χ1v) is 10.3. The van der Waals surface area contributed by atoms with E-state index in [0.717, 1.165) is 23.1 Å². The van der Waals surface area contributed by atoms with Crippen LogP contribution in [-0.2, 0) is 10.7 Å². The van der Waals surface area contributed by atoms with E-state index in [1.807, 2.05) is 0 Å². The van der Waals surface area contributed by atoms with Crippen molar-refractivity contribution in [1.82, 2.24) is 4.90 Å². The molecule has 0 saturated carbocycles. The molecule has 0 spiro atoms. The van der Waals surface area contributed by atoms with Crippen molar-refractivity contribution in [2.24, 2.45) is 0 Å². The molecule has 2 bridgehead atoms. The fourth-order valence-corrected chi connectivity index (χ4v) is 4.59. The number of carbonyl (C=O) groups is 2. The van der Waals surface area contributed by atoms with E-state index in [1.54, 1.807) is 0 Å². The lowest BCUT2D eigenvalue weighted by Crippen LogP contribution is -2.52. The Hall–Kier alpha value is -2.94. The van der Waals surface area contributed by atoms with E-state index in [2.05, 4.69) is 5.32 Å². The van der Waals surface area contributed by atoms with E-state index in [0.29, 0.717) is 18.9 Å². The molecule has 0 aromatic heterocycles. The summed E-state index contributed by atoms with van der Waals surface area (Å²) in [6, 6.07) is 4.92. The third-order valence-corrected chi connectivity index (χ3v) is 6.15. The summed E-state index contributed by atoms with van der Waals surface area (Å²) >= 11 is 0. The number of nitrogens with one attached hydrogen (secondary N) is 1. The number of carbonyl (C=O) groups excluding carboxylic acids is 2. The van der Waals surface area contributed by atoms with Crippen LogP contribution in [0.4, 0.5) is 23.2 Å². The highest BCUT2D eigenvalue weighted by Crippen LogP contribution is 2.41. The maximum atomic E-state index is 15.2. The van der Waals surface area contributed by atoms with E-state index in [1.165, 1.54) is 19.1 Å². The monoisotopic (exact) mass is 450 g/mol. The van der Waals surface area contributed by atoms with Crippen LogP contribution in [0, 0.1) is 18.6 Å². The lowest BCUT2D eigenvalue weighted by atomic mass is 9.97. The minimum atomic E-state index is -4.05. The largest absolute Gasteiger partial charge is 0.393 e. The van der Waals surface area contributed by atoms with Gasteiger partial charge in [-0.2, -0.15) is 8.78 Å². The fourth-order valence-electron chi connectivity index (χ4n) is 4.59. The molecular weight excluding hydrogens is 428 g/mol. The molecule has 170 valence electrons. The maximum Gasteiger partial charge on any atom is 0.350 e. The molecule has 2 heterocycles. The number of benzene rings is 2. The highest BCUT2D eigenvalue weighted by Gasteiger charge is 2.52. The van der Waals surface area contributed by atoms with Crippen LogP contribution in [-0.4, -0.2) is 40.0 Å². The Morgan fingerprint density at radius 2 is 1.72 bits per heavy atom. The van der Waals surface area contributed by atoms with Crippen LogP contribution in [0.1, 0.15) is 47.2 Å². The Labute approximate surface area is 182 Å². The van der Waals surface area contributed by atoms with E-state index < -0.39 is 58.7 Å². The lowest BCUT2D eigenvalue weighted by Gasteiger charge is -2.38. The van der Waals surface area contributed by atoms with Crippen molar-refractivity contribution in [2.75, 3.05) is 5.32 Å². The SMILES string of the molecule is Cc1cc(NC(=O)c2cc(F)cc(C(F)(F)C(=O)N3[C@@H]4CC[C@H]3C[C@H](O)C4)c2)ccc1F. The van der Waals surface area contributed by atoms with Crippen LogP contribution in [0.15, 0.2) is 36.4 Å². The average molecular weight is 450 g/mol. The fraction of sp³-hybridized carbons (Fsp3) is 0.391. The van der Waals surface area contributed by atoms with E-state index in [-0.39, 0.29) is 24.1 Å². The minimum absolute atomic E-state index is 0.214. The smallest absolute Gasteiger partial charge is 0.350 e. The number of aryl methyl sites for hydroxylation is 1. The Bertz CT molecular complexity index is 1060. The van der Waals surface area contributed by atoms with Crippen molar-refractivity contribution >= 4 is 17.5 Å². The van der Waals surface area contributed by atoms with Gasteiger partial charge in [-0.05, 0) is 74.6 Å². The standard InChI is InChI=1S/C23H22F4N2O3/c1-12-6-16(2-5-20(12)25)28-21(31)13-7-14(9-15(24)8-13)23(26,27)22(32)29-17-3-4-18(29)11-19(30)10-17/h2,5-9,17-19,30H,3-4,10-11H2,1H3,(H,28,31)/t17-,18+,19-. The van der Waals surface area contributed by atoms with Crippen molar-refractivity contribution in [3.05, 3.63) is 64.7 Å². The molecule has 0 aliphatic carbocycles. The molecule has 2 aromatic carbocycles. The number of hydrogen-bond donors (Lipinski definition) is 2. The molecule has 4 rings (SSSR count). The third kappa shape index (κ3) is 4.09. The molecule has 32 heavy (non-hydrogen) atoms. The molecule has 0 radical (unpaired) electrons. The zero-order valence-electron chi connectivity index (χ0n) is 17.2. The summed E-state index contributed by atoms with van der Waals surface area (Å²) < 4.78 is 57.9. The Morgan fingerprint density at radius 3 is 2.34 bits per heavy atom. The van der Waals surface area contributed by atoms with E-state index in [9.17, 15) is 23.5 Å². The van der Waals surface area contributed by atoms with Gasteiger partial charge in [0.15, 0.2) is 0 Å². The normalized spacial score (nSPS) is 22.7. The molecular formula is C23H22F4N2O3. The molecule has 2 amide bonds. The molecule has 5 nitrogen and oxygen atoms in total. The van der Waals surface area contributed by atoms with Crippen molar-refractivity contribution in [3.8, 4) is 0 Å². The topological polar surface area (TPSA) is 69.6 Å². The first-order chi connectivity index (χ1) is 15.1. The number of nitrogens with zero attached hydrogens (tertiary/aromatic N) is 1. The maximum absolute atomic E-state index is 15.2. The van der Waals surface area contributed by atoms with E-state index >= 15 is 8.78 Å². The molecule has 2 aliphatic heterocycles. The number of aliphatic hydroxyl groups is 1. The summed E-state index contributed by atoms with van der Waals surface area (Å²) in [6.07, 6.45) is 0.873. The van der Waals surface area contributed by atoms with Gasteiger partial charge < -0.3 is 15.3 Å². The quantitative estimate of drug-likeness (QED) is 0.689. The van der Waals surface area contributed by atoms with Crippen LogP contribution in [0.25, 0.3) is 0 Å².